The largest absolute Gasteiger partial charge is 0.315 e. The SMILES string of the molecule is O=[N+]([O-])c1c(C(F)F)cc(CCl)nc1Cl. The van der Waals surface area contributed by atoms with Crippen LogP contribution in [0.25, 0.3) is 0 Å². The quantitative estimate of drug-likeness (QED) is 0.361. The summed E-state index contributed by atoms with van der Waals surface area (Å²) in [6, 6.07) is 0.877. The molecule has 0 N–H and O–H groups in total. The number of aromatic nitrogens is 1. The van der Waals surface area contributed by atoms with Crippen molar-refractivity contribution in [1.82, 2.24) is 4.98 Å². The Balaban J connectivity index is 3.42. The van der Waals surface area contributed by atoms with Gasteiger partial charge in [-0.05, 0) is 6.07 Å². The first-order valence-electron chi connectivity index (χ1n) is 3.65. The van der Waals surface area contributed by atoms with Gasteiger partial charge in [0.15, 0.2) is 0 Å². The van der Waals surface area contributed by atoms with E-state index in [0.29, 0.717) is 0 Å². The predicted molar refractivity (Wildman–Crippen MR) is 50.4 cm³/mol. The maximum atomic E-state index is 12.5. The molecule has 0 atom stereocenters. The molecule has 0 unspecified atom stereocenters. The van der Waals surface area contributed by atoms with E-state index in [4.69, 9.17) is 23.2 Å². The predicted octanol–water partition coefficient (Wildman–Crippen LogP) is 3.32. The summed E-state index contributed by atoms with van der Waals surface area (Å²) in [4.78, 5) is 13.0. The summed E-state index contributed by atoms with van der Waals surface area (Å²) < 4.78 is 24.9. The van der Waals surface area contributed by atoms with Crippen LogP contribution >= 0.6 is 23.2 Å². The number of nitro groups is 1. The summed E-state index contributed by atoms with van der Waals surface area (Å²) in [6.07, 6.45) is -2.99. The summed E-state index contributed by atoms with van der Waals surface area (Å²) >= 11 is 10.8. The third kappa shape index (κ3) is 2.51. The number of hydrogen-bond donors (Lipinski definition) is 0. The van der Waals surface area contributed by atoms with Gasteiger partial charge >= 0.3 is 5.69 Å². The smallest absolute Gasteiger partial charge is 0.258 e. The first kappa shape index (κ1) is 12.1. The fourth-order valence-electron chi connectivity index (χ4n) is 0.994. The zero-order valence-corrected chi connectivity index (χ0v) is 8.60. The number of alkyl halides is 3. The van der Waals surface area contributed by atoms with E-state index >= 15 is 0 Å². The van der Waals surface area contributed by atoms with Crippen molar-refractivity contribution in [3.05, 3.63) is 32.6 Å². The summed E-state index contributed by atoms with van der Waals surface area (Å²) in [7, 11) is 0. The van der Waals surface area contributed by atoms with Crippen molar-refractivity contribution >= 4 is 28.9 Å². The third-order valence-electron chi connectivity index (χ3n) is 1.59. The van der Waals surface area contributed by atoms with Crippen LogP contribution in [-0.4, -0.2) is 9.91 Å². The molecular weight excluding hydrogens is 253 g/mol. The Labute approximate surface area is 93.0 Å². The van der Waals surface area contributed by atoms with Gasteiger partial charge in [0.1, 0.15) is 5.56 Å². The lowest BCUT2D eigenvalue weighted by atomic mass is 10.2. The molecule has 0 aliphatic carbocycles. The fraction of sp³-hybridized carbons (Fsp3) is 0.286. The first-order valence-corrected chi connectivity index (χ1v) is 4.56. The highest BCUT2D eigenvalue weighted by atomic mass is 35.5. The highest BCUT2D eigenvalue weighted by Crippen LogP contribution is 2.34. The average molecular weight is 257 g/mol. The van der Waals surface area contributed by atoms with Crippen LogP contribution in [0.4, 0.5) is 14.5 Å². The molecule has 0 aliphatic rings. The minimum Gasteiger partial charge on any atom is -0.258 e. The van der Waals surface area contributed by atoms with Gasteiger partial charge in [-0.15, -0.1) is 11.6 Å². The van der Waals surface area contributed by atoms with Crippen molar-refractivity contribution in [2.24, 2.45) is 0 Å². The molecule has 0 saturated carbocycles. The first-order chi connectivity index (χ1) is 6.97. The van der Waals surface area contributed by atoms with Crippen LogP contribution in [0.3, 0.4) is 0 Å². The number of pyridine rings is 1. The molecule has 0 aliphatic heterocycles. The number of halogens is 4. The summed E-state index contributed by atoms with van der Waals surface area (Å²) in [5.41, 5.74) is -1.57. The molecule has 1 heterocycles. The second kappa shape index (κ2) is 4.67. The van der Waals surface area contributed by atoms with Crippen molar-refractivity contribution < 1.29 is 13.7 Å². The monoisotopic (exact) mass is 256 g/mol. The molecule has 0 aromatic carbocycles. The molecule has 4 nitrogen and oxygen atoms in total. The van der Waals surface area contributed by atoms with E-state index in [0.717, 1.165) is 6.07 Å². The Bertz CT molecular complexity index is 401. The molecule has 0 bridgehead atoms. The Kier molecular flexibility index (Phi) is 3.76. The van der Waals surface area contributed by atoms with Crippen LogP contribution in [0.2, 0.25) is 5.15 Å². The van der Waals surface area contributed by atoms with E-state index in [1.807, 2.05) is 0 Å². The summed E-state index contributed by atoms with van der Waals surface area (Å²) in [5, 5.41) is 9.89. The van der Waals surface area contributed by atoms with Gasteiger partial charge in [0, 0.05) is 0 Å². The molecule has 0 spiro atoms. The minimum absolute atomic E-state index is 0.0718. The average Bonchev–Trinajstić information content (AvgIpc) is 2.15. The molecule has 0 saturated heterocycles. The normalized spacial score (nSPS) is 10.7. The molecule has 1 rings (SSSR count). The Morgan fingerprint density at radius 2 is 2.20 bits per heavy atom. The van der Waals surface area contributed by atoms with Crippen molar-refractivity contribution in [1.29, 1.82) is 0 Å². The molecule has 1 aromatic heterocycles. The van der Waals surface area contributed by atoms with Gasteiger partial charge in [-0.25, -0.2) is 13.8 Å². The van der Waals surface area contributed by atoms with E-state index in [1.165, 1.54) is 0 Å². The van der Waals surface area contributed by atoms with Crippen molar-refractivity contribution in [3.8, 4) is 0 Å². The highest BCUT2D eigenvalue weighted by molar-refractivity contribution is 6.31. The van der Waals surface area contributed by atoms with E-state index in [2.05, 4.69) is 4.98 Å². The number of nitrogens with zero attached hydrogens (tertiary/aromatic N) is 2. The van der Waals surface area contributed by atoms with Gasteiger partial charge in [0.05, 0.1) is 16.5 Å². The van der Waals surface area contributed by atoms with Crippen LogP contribution in [0.15, 0.2) is 6.07 Å². The Morgan fingerprint density at radius 3 is 2.60 bits per heavy atom. The molecular formula is C7H4Cl2F2N2O2. The lowest BCUT2D eigenvalue weighted by Gasteiger charge is -2.04. The lowest BCUT2D eigenvalue weighted by Crippen LogP contribution is -2.01. The zero-order valence-electron chi connectivity index (χ0n) is 7.08. The van der Waals surface area contributed by atoms with Gasteiger partial charge in [-0.2, -0.15) is 0 Å². The van der Waals surface area contributed by atoms with Crippen LogP contribution in [-0.2, 0) is 5.88 Å². The van der Waals surface area contributed by atoms with E-state index in [1.54, 1.807) is 0 Å². The van der Waals surface area contributed by atoms with Gasteiger partial charge < -0.3 is 0 Å². The standard InChI is InChI=1S/C7H4Cl2F2N2O2/c8-2-3-1-4(7(10)11)5(13(14)15)6(9)12-3/h1,7H,2H2. The number of rotatable bonds is 3. The van der Waals surface area contributed by atoms with Crippen molar-refractivity contribution in [3.63, 3.8) is 0 Å². The second-order valence-corrected chi connectivity index (χ2v) is 3.16. The molecule has 0 radical (unpaired) electrons. The van der Waals surface area contributed by atoms with Crippen molar-refractivity contribution in [2.75, 3.05) is 0 Å². The Morgan fingerprint density at radius 1 is 1.60 bits per heavy atom. The highest BCUT2D eigenvalue weighted by Gasteiger charge is 2.27. The van der Waals surface area contributed by atoms with Gasteiger partial charge in [-0.1, -0.05) is 11.6 Å². The fourth-order valence-corrected chi connectivity index (χ4v) is 1.42. The van der Waals surface area contributed by atoms with Crippen LogP contribution in [0.5, 0.6) is 0 Å². The van der Waals surface area contributed by atoms with Gasteiger partial charge in [-0.3, -0.25) is 10.1 Å². The van der Waals surface area contributed by atoms with Crippen molar-refractivity contribution in [2.45, 2.75) is 12.3 Å². The second-order valence-electron chi connectivity index (χ2n) is 2.53. The summed E-state index contributed by atoms with van der Waals surface area (Å²) in [5.74, 6) is -0.141. The molecule has 1 aromatic rings. The van der Waals surface area contributed by atoms with Gasteiger partial charge in [0.25, 0.3) is 6.43 Å². The maximum Gasteiger partial charge on any atom is 0.315 e. The number of hydrogen-bond acceptors (Lipinski definition) is 3. The van der Waals surface area contributed by atoms with E-state index in [-0.39, 0.29) is 11.6 Å². The van der Waals surface area contributed by atoms with E-state index < -0.39 is 27.8 Å². The minimum atomic E-state index is -2.99. The summed E-state index contributed by atoms with van der Waals surface area (Å²) in [6.45, 7) is 0. The molecule has 0 amide bonds. The lowest BCUT2D eigenvalue weighted by molar-refractivity contribution is -0.386. The van der Waals surface area contributed by atoms with Gasteiger partial charge in [0.2, 0.25) is 5.15 Å². The molecule has 8 heteroatoms. The van der Waals surface area contributed by atoms with Crippen LogP contribution in [0, 0.1) is 10.1 Å². The van der Waals surface area contributed by atoms with Crippen LogP contribution in [0.1, 0.15) is 17.7 Å². The molecule has 15 heavy (non-hydrogen) atoms. The van der Waals surface area contributed by atoms with Crippen LogP contribution < -0.4 is 0 Å². The maximum absolute atomic E-state index is 12.5. The third-order valence-corrected chi connectivity index (χ3v) is 2.12. The van der Waals surface area contributed by atoms with E-state index in [9.17, 15) is 18.9 Å². The zero-order chi connectivity index (χ0) is 11.6. The topological polar surface area (TPSA) is 56.0 Å². The molecule has 82 valence electrons. The molecule has 0 fully saturated rings. The Hall–Kier alpha value is -1.01.